The molecule has 4 rings (SSSR count). The molecule has 0 radical (unpaired) electrons. The predicted molar refractivity (Wildman–Crippen MR) is 183 cm³/mol. The molecule has 1 saturated heterocycles. The normalized spacial score (nSPS) is 23.4. The lowest BCUT2D eigenvalue weighted by Crippen LogP contribution is -2.61. The average Bonchev–Trinajstić information content (AvgIpc) is 3.37. The van der Waals surface area contributed by atoms with Crippen LogP contribution in [0, 0.1) is 0 Å². The Kier molecular flexibility index (Phi) is 13.1. The van der Waals surface area contributed by atoms with E-state index in [4.69, 9.17) is 18.9 Å². The Labute approximate surface area is 287 Å². The average molecular weight is 683 g/mol. The molecule has 5 atom stereocenters. The van der Waals surface area contributed by atoms with E-state index in [9.17, 15) is 29.7 Å². The first-order valence-corrected chi connectivity index (χ1v) is 17.2. The standard InChI is InChI=1S/C37H50N2O10/c1-5-7-8-9-10-11-20-46-26-16-14-25(15-17-26)38-34(43)27(6-2)39-35(44)37(45)22-30(33-31(23-37)48-36(3,4)49-33)47-32(42)19-13-24-12-18-28(40)29(41)21-24/h12-19,21,27,30-31,33,40-41,45H,5-11,20,22-23H2,1-4H3,(H,38,43)(H,39,44)/b19-13+. The molecular formula is C37H50N2O10. The summed E-state index contributed by atoms with van der Waals surface area (Å²) in [4.78, 5) is 39.6. The van der Waals surface area contributed by atoms with Gasteiger partial charge in [0.05, 0.1) is 12.7 Å². The van der Waals surface area contributed by atoms with Gasteiger partial charge in [-0.15, -0.1) is 0 Å². The van der Waals surface area contributed by atoms with Crippen LogP contribution in [0.2, 0.25) is 0 Å². The Morgan fingerprint density at radius 1 is 0.959 bits per heavy atom. The fourth-order valence-corrected chi connectivity index (χ4v) is 6.07. The fourth-order valence-electron chi connectivity index (χ4n) is 6.07. The van der Waals surface area contributed by atoms with Gasteiger partial charge < -0.3 is 44.9 Å². The quantitative estimate of drug-likeness (QED) is 0.0673. The van der Waals surface area contributed by atoms with E-state index in [-0.39, 0.29) is 30.8 Å². The molecule has 1 heterocycles. The van der Waals surface area contributed by atoms with E-state index in [1.165, 1.54) is 50.0 Å². The van der Waals surface area contributed by atoms with Gasteiger partial charge in [-0.1, -0.05) is 52.0 Å². The van der Waals surface area contributed by atoms with Gasteiger partial charge in [-0.2, -0.15) is 0 Å². The molecule has 268 valence electrons. The summed E-state index contributed by atoms with van der Waals surface area (Å²) in [5, 5.41) is 36.4. The van der Waals surface area contributed by atoms with Crippen LogP contribution in [-0.4, -0.2) is 75.5 Å². The smallest absolute Gasteiger partial charge is 0.331 e. The second kappa shape index (κ2) is 17.0. The van der Waals surface area contributed by atoms with Gasteiger partial charge in [0.15, 0.2) is 17.3 Å². The molecule has 2 aromatic rings. The lowest BCUT2D eigenvalue weighted by atomic mass is 9.78. The molecule has 1 saturated carbocycles. The van der Waals surface area contributed by atoms with Crippen molar-refractivity contribution in [1.82, 2.24) is 5.32 Å². The molecule has 1 aliphatic carbocycles. The molecule has 0 aromatic heterocycles. The Morgan fingerprint density at radius 2 is 1.67 bits per heavy atom. The molecule has 49 heavy (non-hydrogen) atoms. The SMILES string of the molecule is CCCCCCCCOc1ccc(NC(=O)C(CC)NC(=O)C2(O)CC(OC(=O)/C=C/c3ccc(O)c(O)c3)C3OC(C)(C)OC3C2)cc1. The van der Waals surface area contributed by atoms with Gasteiger partial charge in [-0.3, -0.25) is 9.59 Å². The first-order valence-electron chi connectivity index (χ1n) is 17.2. The summed E-state index contributed by atoms with van der Waals surface area (Å²) in [6.45, 7) is 7.94. The minimum Gasteiger partial charge on any atom is -0.504 e. The van der Waals surface area contributed by atoms with Crippen molar-refractivity contribution in [3.05, 3.63) is 54.1 Å². The third-order valence-electron chi connectivity index (χ3n) is 8.69. The maximum atomic E-state index is 13.6. The maximum absolute atomic E-state index is 13.6. The van der Waals surface area contributed by atoms with Crippen molar-refractivity contribution in [1.29, 1.82) is 0 Å². The number of phenolic OH excluding ortho intramolecular Hbond substituents is 2. The number of esters is 1. The number of nitrogens with one attached hydrogen (secondary N) is 2. The first-order chi connectivity index (χ1) is 23.3. The van der Waals surface area contributed by atoms with Crippen molar-refractivity contribution in [2.75, 3.05) is 11.9 Å². The van der Waals surface area contributed by atoms with E-state index < -0.39 is 53.5 Å². The largest absolute Gasteiger partial charge is 0.504 e. The molecule has 12 heteroatoms. The van der Waals surface area contributed by atoms with Gasteiger partial charge in [0, 0.05) is 24.6 Å². The number of ether oxygens (including phenoxy) is 4. The molecule has 12 nitrogen and oxygen atoms in total. The molecule has 2 amide bonds. The van der Waals surface area contributed by atoms with Crippen molar-refractivity contribution in [3.8, 4) is 17.2 Å². The Morgan fingerprint density at radius 3 is 2.37 bits per heavy atom. The lowest BCUT2D eigenvalue weighted by Gasteiger charge is -2.40. The summed E-state index contributed by atoms with van der Waals surface area (Å²) in [5.41, 5.74) is -1.07. The molecule has 0 bridgehead atoms. The van der Waals surface area contributed by atoms with Gasteiger partial charge in [-0.05, 0) is 74.7 Å². The van der Waals surface area contributed by atoms with Crippen LogP contribution in [0.3, 0.4) is 0 Å². The van der Waals surface area contributed by atoms with Crippen molar-refractivity contribution < 1.29 is 48.7 Å². The second-order valence-corrected chi connectivity index (χ2v) is 13.2. The van der Waals surface area contributed by atoms with Crippen LogP contribution in [0.1, 0.15) is 91.0 Å². The predicted octanol–water partition coefficient (Wildman–Crippen LogP) is 5.34. The zero-order chi connectivity index (χ0) is 35.6. The van der Waals surface area contributed by atoms with Crippen molar-refractivity contribution >= 4 is 29.5 Å². The third-order valence-corrected chi connectivity index (χ3v) is 8.69. The highest BCUT2D eigenvalue weighted by Gasteiger charge is 2.57. The Bertz CT molecular complexity index is 1460. The van der Waals surface area contributed by atoms with Gasteiger partial charge >= 0.3 is 5.97 Å². The number of aliphatic hydroxyl groups is 1. The summed E-state index contributed by atoms with van der Waals surface area (Å²) >= 11 is 0. The Balaban J connectivity index is 1.35. The summed E-state index contributed by atoms with van der Waals surface area (Å²) in [7, 11) is 0. The molecule has 1 aliphatic heterocycles. The first kappa shape index (κ1) is 37.7. The highest BCUT2D eigenvalue weighted by molar-refractivity contribution is 5.98. The number of carbonyl (C=O) groups excluding carboxylic acids is 3. The summed E-state index contributed by atoms with van der Waals surface area (Å²) < 4.78 is 23.4. The highest BCUT2D eigenvalue weighted by Crippen LogP contribution is 2.42. The molecule has 0 spiro atoms. The van der Waals surface area contributed by atoms with Crippen molar-refractivity contribution in [3.63, 3.8) is 0 Å². The van der Waals surface area contributed by atoms with Crippen LogP contribution in [0.5, 0.6) is 17.2 Å². The van der Waals surface area contributed by atoms with Gasteiger partial charge in [0.1, 0.15) is 29.6 Å². The number of aromatic hydroxyl groups is 2. The van der Waals surface area contributed by atoms with Crippen LogP contribution in [0.15, 0.2) is 48.5 Å². The number of fused-ring (bicyclic) bond motifs is 1. The number of rotatable bonds is 16. The molecule has 2 aliphatic rings. The molecule has 5 unspecified atom stereocenters. The number of hydrogen-bond donors (Lipinski definition) is 5. The van der Waals surface area contributed by atoms with Crippen molar-refractivity contribution in [2.45, 2.75) is 121 Å². The minimum atomic E-state index is -2.04. The van der Waals surface area contributed by atoms with E-state index in [1.54, 1.807) is 45.0 Å². The molecular weight excluding hydrogens is 632 g/mol. The van der Waals surface area contributed by atoms with Crippen LogP contribution < -0.4 is 15.4 Å². The monoisotopic (exact) mass is 682 g/mol. The summed E-state index contributed by atoms with van der Waals surface area (Å²) in [5.74, 6) is -3.02. The number of anilines is 1. The zero-order valence-electron chi connectivity index (χ0n) is 28.8. The van der Waals surface area contributed by atoms with Gasteiger partial charge in [-0.25, -0.2) is 4.79 Å². The van der Waals surface area contributed by atoms with E-state index in [0.29, 0.717) is 23.6 Å². The second-order valence-electron chi connectivity index (χ2n) is 13.2. The van der Waals surface area contributed by atoms with Gasteiger partial charge in [0.25, 0.3) is 5.91 Å². The van der Waals surface area contributed by atoms with E-state index >= 15 is 0 Å². The Hall–Kier alpha value is -4.13. The highest BCUT2D eigenvalue weighted by atomic mass is 16.8. The number of benzene rings is 2. The number of amides is 2. The number of unbranched alkanes of at least 4 members (excludes halogenated alkanes) is 5. The third kappa shape index (κ3) is 10.7. The van der Waals surface area contributed by atoms with Crippen LogP contribution in [0.4, 0.5) is 5.69 Å². The topological polar surface area (TPSA) is 173 Å². The maximum Gasteiger partial charge on any atom is 0.331 e. The van der Waals surface area contributed by atoms with E-state index in [1.807, 2.05) is 0 Å². The summed E-state index contributed by atoms with van der Waals surface area (Å²) in [6.07, 6.45) is 6.80. The van der Waals surface area contributed by atoms with Crippen LogP contribution >= 0.6 is 0 Å². The van der Waals surface area contributed by atoms with Gasteiger partial charge in [0.2, 0.25) is 5.91 Å². The number of carbonyl (C=O) groups is 3. The van der Waals surface area contributed by atoms with Crippen LogP contribution in [0.25, 0.3) is 6.08 Å². The lowest BCUT2D eigenvalue weighted by molar-refractivity contribution is -0.176. The van der Waals surface area contributed by atoms with E-state index in [0.717, 1.165) is 18.9 Å². The van der Waals surface area contributed by atoms with Crippen molar-refractivity contribution in [2.24, 2.45) is 0 Å². The number of hydrogen-bond acceptors (Lipinski definition) is 10. The minimum absolute atomic E-state index is 0.137. The summed E-state index contributed by atoms with van der Waals surface area (Å²) in [6, 6.07) is 10.1. The van der Waals surface area contributed by atoms with E-state index in [2.05, 4.69) is 17.6 Å². The van der Waals surface area contributed by atoms with Crippen LogP contribution in [-0.2, 0) is 28.6 Å². The molecule has 5 N–H and O–H groups in total. The zero-order valence-corrected chi connectivity index (χ0v) is 28.8. The number of phenols is 2. The molecule has 2 aromatic carbocycles. The fraction of sp³-hybridized carbons (Fsp3) is 0.541. The molecule has 2 fully saturated rings.